The SMILES string of the molecule is CCc1ncc2c(n1)CN(c1cncc(Cl)n1)CC2. The lowest BCUT2D eigenvalue weighted by atomic mass is 10.1. The summed E-state index contributed by atoms with van der Waals surface area (Å²) in [5, 5.41) is 0.417. The normalized spacial score (nSPS) is 14.3. The van der Waals surface area contributed by atoms with Crippen molar-refractivity contribution in [3.8, 4) is 0 Å². The molecule has 0 saturated heterocycles. The number of nitrogens with zero attached hydrogens (tertiary/aromatic N) is 5. The van der Waals surface area contributed by atoms with Crippen LogP contribution < -0.4 is 4.90 Å². The van der Waals surface area contributed by atoms with Crippen molar-refractivity contribution in [3.63, 3.8) is 0 Å². The van der Waals surface area contributed by atoms with E-state index < -0.39 is 0 Å². The zero-order valence-electron chi connectivity index (χ0n) is 10.7. The Hall–Kier alpha value is -1.75. The average molecular weight is 276 g/mol. The first-order chi connectivity index (χ1) is 9.26. The van der Waals surface area contributed by atoms with E-state index in [-0.39, 0.29) is 0 Å². The predicted molar refractivity (Wildman–Crippen MR) is 73.2 cm³/mol. The number of rotatable bonds is 2. The van der Waals surface area contributed by atoms with Gasteiger partial charge in [-0.1, -0.05) is 18.5 Å². The lowest BCUT2D eigenvalue weighted by Crippen LogP contribution is -2.32. The minimum Gasteiger partial charge on any atom is -0.349 e. The minimum atomic E-state index is 0.417. The topological polar surface area (TPSA) is 54.8 Å². The van der Waals surface area contributed by atoms with Crippen LogP contribution in [0.5, 0.6) is 0 Å². The molecule has 0 unspecified atom stereocenters. The van der Waals surface area contributed by atoms with Crippen LogP contribution in [0, 0.1) is 0 Å². The van der Waals surface area contributed by atoms with Gasteiger partial charge in [0.25, 0.3) is 0 Å². The smallest absolute Gasteiger partial charge is 0.149 e. The van der Waals surface area contributed by atoms with Crippen LogP contribution in [0.3, 0.4) is 0 Å². The number of aromatic nitrogens is 4. The molecule has 0 aromatic carbocycles. The van der Waals surface area contributed by atoms with E-state index in [0.29, 0.717) is 5.15 Å². The summed E-state index contributed by atoms with van der Waals surface area (Å²) < 4.78 is 0. The molecule has 0 saturated carbocycles. The summed E-state index contributed by atoms with van der Waals surface area (Å²) in [6, 6.07) is 0. The van der Waals surface area contributed by atoms with Crippen LogP contribution in [0.1, 0.15) is 24.0 Å². The molecule has 3 heterocycles. The Balaban J connectivity index is 1.88. The number of anilines is 1. The quantitative estimate of drug-likeness (QED) is 0.840. The molecule has 0 amide bonds. The molecular weight excluding hydrogens is 262 g/mol. The molecule has 0 fully saturated rings. The molecule has 5 nitrogen and oxygen atoms in total. The molecule has 0 N–H and O–H groups in total. The van der Waals surface area contributed by atoms with Gasteiger partial charge in [0.1, 0.15) is 16.8 Å². The average Bonchev–Trinajstić information content (AvgIpc) is 2.46. The number of halogens is 1. The highest BCUT2D eigenvalue weighted by Gasteiger charge is 2.19. The molecule has 0 spiro atoms. The first-order valence-electron chi connectivity index (χ1n) is 6.32. The van der Waals surface area contributed by atoms with Crippen LogP contribution in [0.25, 0.3) is 0 Å². The second-order valence-corrected chi connectivity index (χ2v) is 4.87. The van der Waals surface area contributed by atoms with Crippen LogP contribution in [0.15, 0.2) is 18.6 Å². The fourth-order valence-corrected chi connectivity index (χ4v) is 2.34. The van der Waals surface area contributed by atoms with Crippen molar-refractivity contribution in [1.82, 2.24) is 19.9 Å². The van der Waals surface area contributed by atoms with Gasteiger partial charge in [-0.2, -0.15) is 0 Å². The first-order valence-corrected chi connectivity index (χ1v) is 6.70. The third-order valence-corrected chi connectivity index (χ3v) is 3.41. The third-order valence-electron chi connectivity index (χ3n) is 3.23. The Morgan fingerprint density at radius 1 is 1.26 bits per heavy atom. The van der Waals surface area contributed by atoms with Crippen molar-refractivity contribution in [3.05, 3.63) is 40.8 Å². The van der Waals surface area contributed by atoms with Gasteiger partial charge in [0, 0.05) is 19.2 Å². The molecule has 0 bridgehead atoms. The fourth-order valence-electron chi connectivity index (χ4n) is 2.20. The zero-order valence-corrected chi connectivity index (χ0v) is 11.4. The van der Waals surface area contributed by atoms with Crippen LogP contribution in [-0.2, 0) is 19.4 Å². The molecule has 2 aromatic rings. The molecule has 19 heavy (non-hydrogen) atoms. The van der Waals surface area contributed by atoms with Gasteiger partial charge in [0.05, 0.1) is 24.6 Å². The maximum atomic E-state index is 5.89. The van der Waals surface area contributed by atoms with Gasteiger partial charge in [0.15, 0.2) is 0 Å². The van der Waals surface area contributed by atoms with Gasteiger partial charge in [-0.15, -0.1) is 0 Å². The monoisotopic (exact) mass is 275 g/mol. The summed E-state index contributed by atoms with van der Waals surface area (Å²) in [7, 11) is 0. The molecule has 0 radical (unpaired) electrons. The highest BCUT2D eigenvalue weighted by Crippen LogP contribution is 2.21. The zero-order chi connectivity index (χ0) is 13.2. The van der Waals surface area contributed by atoms with Crippen LogP contribution in [0.4, 0.5) is 5.82 Å². The summed E-state index contributed by atoms with van der Waals surface area (Å²) in [5.74, 6) is 1.69. The Morgan fingerprint density at radius 2 is 2.16 bits per heavy atom. The van der Waals surface area contributed by atoms with E-state index in [1.54, 1.807) is 12.4 Å². The lowest BCUT2D eigenvalue weighted by Gasteiger charge is -2.28. The summed E-state index contributed by atoms with van der Waals surface area (Å²) >= 11 is 5.89. The molecule has 3 rings (SSSR count). The summed E-state index contributed by atoms with van der Waals surface area (Å²) in [5.41, 5.74) is 2.31. The number of aryl methyl sites for hydroxylation is 1. The molecule has 98 valence electrons. The van der Waals surface area contributed by atoms with Crippen molar-refractivity contribution < 1.29 is 0 Å². The van der Waals surface area contributed by atoms with Gasteiger partial charge < -0.3 is 4.90 Å². The van der Waals surface area contributed by atoms with E-state index in [1.165, 1.54) is 5.56 Å². The van der Waals surface area contributed by atoms with E-state index in [0.717, 1.165) is 43.3 Å². The van der Waals surface area contributed by atoms with Gasteiger partial charge in [-0.05, 0) is 12.0 Å². The molecule has 6 heteroatoms. The van der Waals surface area contributed by atoms with Gasteiger partial charge >= 0.3 is 0 Å². The molecule has 0 atom stereocenters. The molecule has 1 aliphatic heterocycles. The second-order valence-electron chi connectivity index (χ2n) is 4.48. The summed E-state index contributed by atoms with van der Waals surface area (Å²) in [6.07, 6.45) is 7.00. The van der Waals surface area contributed by atoms with Crippen LogP contribution >= 0.6 is 11.6 Å². The summed E-state index contributed by atoms with van der Waals surface area (Å²) in [6.45, 7) is 3.68. The Labute approximate surface area is 116 Å². The van der Waals surface area contributed by atoms with Gasteiger partial charge in [-0.3, -0.25) is 4.98 Å². The predicted octanol–water partition coefficient (Wildman–Crippen LogP) is 2.05. The van der Waals surface area contributed by atoms with Gasteiger partial charge in [-0.25, -0.2) is 15.0 Å². The molecule has 1 aliphatic rings. The van der Waals surface area contributed by atoms with Crippen LogP contribution in [-0.4, -0.2) is 26.5 Å². The summed E-state index contributed by atoms with van der Waals surface area (Å²) in [4.78, 5) is 19.5. The minimum absolute atomic E-state index is 0.417. The van der Waals surface area contributed by atoms with Crippen molar-refractivity contribution in [2.75, 3.05) is 11.4 Å². The Bertz CT molecular complexity index is 601. The third kappa shape index (κ3) is 2.51. The van der Waals surface area contributed by atoms with Crippen molar-refractivity contribution in [1.29, 1.82) is 0 Å². The molecule has 2 aromatic heterocycles. The maximum Gasteiger partial charge on any atom is 0.149 e. The van der Waals surface area contributed by atoms with Crippen molar-refractivity contribution >= 4 is 17.4 Å². The van der Waals surface area contributed by atoms with E-state index in [9.17, 15) is 0 Å². The maximum absolute atomic E-state index is 5.89. The highest BCUT2D eigenvalue weighted by atomic mass is 35.5. The number of hydrogen-bond acceptors (Lipinski definition) is 5. The van der Waals surface area contributed by atoms with Crippen molar-refractivity contribution in [2.24, 2.45) is 0 Å². The Kier molecular flexibility index (Phi) is 3.29. The van der Waals surface area contributed by atoms with E-state index in [1.807, 2.05) is 6.20 Å². The fraction of sp³-hybridized carbons (Fsp3) is 0.385. The standard InChI is InChI=1S/C13H14ClN5/c1-2-12-16-5-9-3-4-19(8-10(9)17-12)13-7-15-6-11(14)18-13/h5-7H,2-4,8H2,1H3. The second kappa shape index (κ2) is 5.09. The van der Waals surface area contributed by atoms with Crippen LogP contribution in [0.2, 0.25) is 5.15 Å². The molecular formula is C13H14ClN5. The first kappa shape index (κ1) is 12.3. The van der Waals surface area contributed by atoms with Gasteiger partial charge in [0.2, 0.25) is 0 Å². The number of fused-ring (bicyclic) bond motifs is 1. The van der Waals surface area contributed by atoms with E-state index in [4.69, 9.17) is 11.6 Å². The largest absolute Gasteiger partial charge is 0.349 e. The van der Waals surface area contributed by atoms with E-state index in [2.05, 4.69) is 31.8 Å². The lowest BCUT2D eigenvalue weighted by molar-refractivity contribution is 0.683. The molecule has 0 aliphatic carbocycles. The van der Waals surface area contributed by atoms with Crippen molar-refractivity contribution in [2.45, 2.75) is 26.3 Å². The Morgan fingerprint density at radius 3 is 2.95 bits per heavy atom. The number of hydrogen-bond donors (Lipinski definition) is 0. The van der Waals surface area contributed by atoms with E-state index >= 15 is 0 Å². The highest BCUT2D eigenvalue weighted by molar-refractivity contribution is 6.29.